The molecule has 0 saturated carbocycles. The number of hydrogen-bond acceptors (Lipinski definition) is 1. The molecular formula is C17H20IN. The van der Waals surface area contributed by atoms with Gasteiger partial charge in [0.2, 0.25) is 0 Å². The van der Waals surface area contributed by atoms with E-state index in [2.05, 4.69) is 90.3 Å². The largest absolute Gasteiger partial charge is 0.306 e. The fourth-order valence-electron chi connectivity index (χ4n) is 2.21. The van der Waals surface area contributed by atoms with Crippen LogP contribution in [0.2, 0.25) is 0 Å². The zero-order chi connectivity index (χ0) is 13.7. The number of aryl methyl sites for hydroxylation is 1. The lowest BCUT2D eigenvalue weighted by molar-refractivity contribution is 0.572. The van der Waals surface area contributed by atoms with Crippen molar-refractivity contribution in [2.75, 3.05) is 0 Å². The standard InChI is InChI=1S/C17H20IN/c1-3-14-6-4-5-7-16(14)12-19-13(2)15-8-10-17(18)11-9-15/h4-11,13,19H,3,12H2,1-2H3. The van der Waals surface area contributed by atoms with Gasteiger partial charge in [0, 0.05) is 16.2 Å². The Labute approximate surface area is 129 Å². The molecule has 1 nitrogen and oxygen atoms in total. The van der Waals surface area contributed by atoms with Gasteiger partial charge in [0.05, 0.1) is 0 Å². The Kier molecular flexibility index (Phi) is 5.40. The van der Waals surface area contributed by atoms with E-state index >= 15 is 0 Å². The zero-order valence-corrected chi connectivity index (χ0v) is 13.6. The smallest absolute Gasteiger partial charge is 0.0294 e. The molecule has 100 valence electrons. The molecule has 1 unspecified atom stereocenters. The third-order valence-electron chi connectivity index (χ3n) is 3.47. The van der Waals surface area contributed by atoms with Gasteiger partial charge in [0.1, 0.15) is 0 Å². The van der Waals surface area contributed by atoms with Crippen LogP contribution in [-0.4, -0.2) is 0 Å². The molecule has 0 aromatic heterocycles. The highest BCUT2D eigenvalue weighted by molar-refractivity contribution is 14.1. The average Bonchev–Trinajstić information content (AvgIpc) is 2.45. The van der Waals surface area contributed by atoms with Gasteiger partial charge in [-0.25, -0.2) is 0 Å². The van der Waals surface area contributed by atoms with Gasteiger partial charge in [0.25, 0.3) is 0 Å². The molecule has 0 fully saturated rings. The van der Waals surface area contributed by atoms with Crippen molar-refractivity contribution >= 4 is 22.6 Å². The Balaban J connectivity index is 2.00. The van der Waals surface area contributed by atoms with E-state index in [0.29, 0.717) is 6.04 Å². The Bertz CT molecular complexity index is 519. The summed E-state index contributed by atoms with van der Waals surface area (Å²) in [5.41, 5.74) is 4.18. The first-order valence-corrected chi connectivity index (χ1v) is 7.84. The van der Waals surface area contributed by atoms with Crippen molar-refractivity contribution in [3.05, 3.63) is 68.8 Å². The molecular weight excluding hydrogens is 345 g/mol. The summed E-state index contributed by atoms with van der Waals surface area (Å²) in [4.78, 5) is 0. The Morgan fingerprint density at radius 1 is 1.00 bits per heavy atom. The van der Waals surface area contributed by atoms with Gasteiger partial charge < -0.3 is 5.32 Å². The third kappa shape index (κ3) is 4.05. The molecule has 0 bridgehead atoms. The lowest BCUT2D eigenvalue weighted by atomic mass is 10.0. The minimum absolute atomic E-state index is 0.377. The van der Waals surface area contributed by atoms with Crippen LogP contribution in [0.1, 0.15) is 36.6 Å². The van der Waals surface area contributed by atoms with Crippen LogP contribution in [0.25, 0.3) is 0 Å². The van der Waals surface area contributed by atoms with Crippen molar-refractivity contribution in [3.8, 4) is 0 Å². The predicted octanol–water partition coefficient (Wildman–Crippen LogP) is 4.70. The minimum Gasteiger partial charge on any atom is -0.306 e. The molecule has 0 aliphatic rings. The molecule has 1 atom stereocenters. The quantitative estimate of drug-likeness (QED) is 0.757. The van der Waals surface area contributed by atoms with Crippen LogP contribution in [0.4, 0.5) is 0 Å². The van der Waals surface area contributed by atoms with Crippen molar-refractivity contribution in [1.82, 2.24) is 5.32 Å². The molecule has 1 N–H and O–H groups in total. The minimum atomic E-state index is 0.377. The fraction of sp³-hybridized carbons (Fsp3) is 0.294. The highest BCUT2D eigenvalue weighted by Crippen LogP contribution is 2.16. The van der Waals surface area contributed by atoms with E-state index in [1.54, 1.807) is 0 Å². The summed E-state index contributed by atoms with van der Waals surface area (Å²) in [6, 6.07) is 17.8. The summed E-state index contributed by atoms with van der Waals surface area (Å²) in [6.45, 7) is 5.36. The fourth-order valence-corrected chi connectivity index (χ4v) is 2.57. The second-order valence-corrected chi connectivity index (χ2v) is 6.02. The van der Waals surface area contributed by atoms with E-state index in [1.165, 1.54) is 20.3 Å². The first-order valence-electron chi connectivity index (χ1n) is 6.76. The van der Waals surface area contributed by atoms with E-state index in [9.17, 15) is 0 Å². The molecule has 2 heteroatoms. The molecule has 0 spiro atoms. The summed E-state index contributed by atoms with van der Waals surface area (Å²) in [5, 5.41) is 3.61. The second-order valence-electron chi connectivity index (χ2n) is 4.78. The van der Waals surface area contributed by atoms with Crippen LogP contribution < -0.4 is 5.32 Å². The lowest BCUT2D eigenvalue weighted by Gasteiger charge is -2.16. The summed E-state index contributed by atoms with van der Waals surface area (Å²) >= 11 is 2.34. The number of benzene rings is 2. The molecule has 0 heterocycles. The number of rotatable bonds is 5. The van der Waals surface area contributed by atoms with Crippen molar-refractivity contribution in [2.45, 2.75) is 32.9 Å². The topological polar surface area (TPSA) is 12.0 Å². The van der Waals surface area contributed by atoms with Crippen LogP contribution in [0.3, 0.4) is 0 Å². The average molecular weight is 365 g/mol. The van der Waals surface area contributed by atoms with Gasteiger partial charge in [0.15, 0.2) is 0 Å². The summed E-state index contributed by atoms with van der Waals surface area (Å²) < 4.78 is 1.28. The van der Waals surface area contributed by atoms with Crippen molar-refractivity contribution in [2.24, 2.45) is 0 Å². The van der Waals surface area contributed by atoms with Crippen molar-refractivity contribution in [3.63, 3.8) is 0 Å². The Hall–Kier alpha value is -0.870. The maximum atomic E-state index is 3.61. The van der Waals surface area contributed by atoms with E-state index in [-0.39, 0.29) is 0 Å². The van der Waals surface area contributed by atoms with E-state index in [4.69, 9.17) is 0 Å². The van der Waals surface area contributed by atoms with Gasteiger partial charge in [-0.2, -0.15) is 0 Å². The second kappa shape index (κ2) is 7.06. The summed E-state index contributed by atoms with van der Waals surface area (Å²) in [7, 11) is 0. The lowest BCUT2D eigenvalue weighted by Crippen LogP contribution is -2.18. The number of nitrogens with one attached hydrogen (secondary N) is 1. The molecule has 2 rings (SSSR count). The zero-order valence-electron chi connectivity index (χ0n) is 11.5. The van der Waals surface area contributed by atoms with Crippen LogP contribution >= 0.6 is 22.6 Å². The third-order valence-corrected chi connectivity index (χ3v) is 4.19. The number of halogens is 1. The monoisotopic (exact) mass is 365 g/mol. The van der Waals surface area contributed by atoms with Crippen molar-refractivity contribution < 1.29 is 0 Å². The van der Waals surface area contributed by atoms with E-state index in [0.717, 1.165) is 13.0 Å². The highest BCUT2D eigenvalue weighted by atomic mass is 127. The molecule has 2 aromatic carbocycles. The molecule has 0 aliphatic carbocycles. The normalized spacial score (nSPS) is 12.4. The van der Waals surface area contributed by atoms with Gasteiger partial charge in [-0.1, -0.05) is 43.3 Å². The maximum absolute atomic E-state index is 3.61. The molecule has 0 aliphatic heterocycles. The van der Waals surface area contributed by atoms with Gasteiger partial charge in [-0.15, -0.1) is 0 Å². The van der Waals surface area contributed by atoms with Gasteiger partial charge in [-0.05, 0) is 64.8 Å². The molecule has 0 radical (unpaired) electrons. The molecule has 0 amide bonds. The highest BCUT2D eigenvalue weighted by Gasteiger charge is 2.06. The maximum Gasteiger partial charge on any atom is 0.0294 e. The Morgan fingerprint density at radius 2 is 1.63 bits per heavy atom. The summed E-state index contributed by atoms with van der Waals surface area (Å²) in [6.07, 6.45) is 1.09. The molecule has 2 aromatic rings. The Morgan fingerprint density at radius 3 is 2.26 bits per heavy atom. The summed E-state index contributed by atoms with van der Waals surface area (Å²) in [5.74, 6) is 0. The first kappa shape index (κ1) is 14.5. The molecule has 0 saturated heterocycles. The van der Waals surface area contributed by atoms with Crippen LogP contribution in [0.15, 0.2) is 48.5 Å². The van der Waals surface area contributed by atoms with Gasteiger partial charge in [-0.3, -0.25) is 0 Å². The SMILES string of the molecule is CCc1ccccc1CNC(C)c1ccc(I)cc1. The van der Waals surface area contributed by atoms with Crippen LogP contribution in [0, 0.1) is 3.57 Å². The number of hydrogen-bond donors (Lipinski definition) is 1. The predicted molar refractivity (Wildman–Crippen MR) is 90.2 cm³/mol. The van der Waals surface area contributed by atoms with Crippen LogP contribution in [-0.2, 0) is 13.0 Å². The van der Waals surface area contributed by atoms with Crippen molar-refractivity contribution in [1.29, 1.82) is 0 Å². The van der Waals surface area contributed by atoms with Gasteiger partial charge >= 0.3 is 0 Å². The van der Waals surface area contributed by atoms with Crippen LogP contribution in [0.5, 0.6) is 0 Å². The first-order chi connectivity index (χ1) is 9.20. The van der Waals surface area contributed by atoms with E-state index in [1.807, 2.05) is 0 Å². The molecule has 19 heavy (non-hydrogen) atoms. The van der Waals surface area contributed by atoms with E-state index < -0.39 is 0 Å².